The van der Waals surface area contributed by atoms with E-state index in [-0.39, 0.29) is 17.2 Å². The largest absolute Gasteiger partial charge is 0.493 e. The molecule has 0 heterocycles. The Kier molecular flexibility index (Phi) is 10.7. The van der Waals surface area contributed by atoms with E-state index in [9.17, 15) is 17.6 Å². The number of hydrazone groups is 1. The number of aryl methyl sites for hydroxylation is 1. The van der Waals surface area contributed by atoms with E-state index >= 15 is 0 Å². The van der Waals surface area contributed by atoms with Crippen LogP contribution in [0.5, 0.6) is 11.5 Å². The Morgan fingerprint density at radius 2 is 1.74 bits per heavy atom. The van der Waals surface area contributed by atoms with E-state index in [1.54, 1.807) is 42.5 Å². The van der Waals surface area contributed by atoms with Gasteiger partial charge < -0.3 is 9.47 Å². The second-order valence-corrected chi connectivity index (χ2v) is 12.7. The van der Waals surface area contributed by atoms with Gasteiger partial charge >= 0.3 is 0 Å². The van der Waals surface area contributed by atoms with Crippen molar-refractivity contribution in [2.75, 3.05) is 18.0 Å². The predicted molar refractivity (Wildman–Crippen MR) is 169 cm³/mol. The van der Waals surface area contributed by atoms with Crippen LogP contribution in [0.4, 0.5) is 10.1 Å². The Morgan fingerprint density at radius 3 is 2.40 bits per heavy atom. The summed E-state index contributed by atoms with van der Waals surface area (Å²) < 4.78 is 53.3. The van der Waals surface area contributed by atoms with Crippen LogP contribution in [0.1, 0.15) is 16.7 Å². The van der Waals surface area contributed by atoms with Crippen molar-refractivity contribution in [3.05, 3.63) is 116 Å². The lowest BCUT2D eigenvalue weighted by Gasteiger charge is -2.23. The van der Waals surface area contributed by atoms with Crippen molar-refractivity contribution in [3.8, 4) is 11.5 Å². The molecule has 0 aliphatic rings. The van der Waals surface area contributed by atoms with Gasteiger partial charge in [0.2, 0.25) is 0 Å². The molecule has 0 aliphatic heterocycles. The van der Waals surface area contributed by atoms with Gasteiger partial charge in [0.15, 0.2) is 11.5 Å². The fourth-order valence-electron chi connectivity index (χ4n) is 3.85. The molecule has 0 fully saturated rings. The maximum Gasteiger partial charge on any atom is 0.264 e. The molecular formula is C30H25BrCl2FN3O5S. The van der Waals surface area contributed by atoms with Crippen molar-refractivity contribution >= 4 is 67.0 Å². The van der Waals surface area contributed by atoms with Crippen LogP contribution >= 0.6 is 39.1 Å². The summed E-state index contributed by atoms with van der Waals surface area (Å²) in [5.74, 6) is -0.454. The van der Waals surface area contributed by atoms with Crippen LogP contribution in [0.25, 0.3) is 0 Å². The number of halogens is 4. The topological polar surface area (TPSA) is 97.3 Å². The molecule has 0 saturated carbocycles. The number of rotatable bonds is 11. The molecule has 0 atom stereocenters. The molecule has 0 bridgehead atoms. The summed E-state index contributed by atoms with van der Waals surface area (Å²) in [6.07, 6.45) is 1.36. The summed E-state index contributed by atoms with van der Waals surface area (Å²) in [6.45, 7) is 1.38. The lowest BCUT2D eigenvalue weighted by molar-refractivity contribution is -0.119. The molecule has 0 saturated heterocycles. The average molecular weight is 709 g/mol. The molecule has 0 unspecified atom stereocenters. The molecule has 4 aromatic rings. The van der Waals surface area contributed by atoms with Crippen LogP contribution in [0, 0.1) is 12.7 Å². The first kappa shape index (κ1) is 32.3. The molecule has 4 rings (SSSR count). The molecule has 13 heteroatoms. The molecule has 8 nitrogen and oxygen atoms in total. The van der Waals surface area contributed by atoms with E-state index in [1.807, 2.05) is 6.92 Å². The quantitative estimate of drug-likeness (QED) is 0.132. The van der Waals surface area contributed by atoms with Crippen LogP contribution in [0.2, 0.25) is 10.0 Å². The molecule has 43 heavy (non-hydrogen) atoms. The first-order chi connectivity index (χ1) is 20.5. The van der Waals surface area contributed by atoms with E-state index in [1.165, 1.54) is 37.6 Å². The first-order valence-electron chi connectivity index (χ1n) is 12.6. The molecule has 1 N–H and O–H groups in total. The highest BCUT2D eigenvalue weighted by Crippen LogP contribution is 2.37. The van der Waals surface area contributed by atoms with Gasteiger partial charge in [-0.15, -0.1) is 0 Å². The number of nitrogens with one attached hydrogen (secondary N) is 1. The highest BCUT2D eigenvalue weighted by atomic mass is 79.9. The molecule has 0 spiro atoms. The molecule has 0 aromatic heterocycles. The van der Waals surface area contributed by atoms with E-state index in [2.05, 4.69) is 26.5 Å². The number of hydrogen-bond donors (Lipinski definition) is 1. The lowest BCUT2D eigenvalue weighted by atomic mass is 10.2. The van der Waals surface area contributed by atoms with Crippen LogP contribution in [0.3, 0.4) is 0 Å². The number of amides is 1. The number of nitrogens with zero attached hydrogens (tertiary/aromatic N) is 2. The monoisotopic (exact) mass is 707 g/mol. The Balaban J connectivity index is 1.48. The minimum atomic E-state index is -4.16. The van der Waals surface area contributed by atoms with Crippen molar-refractivity contribution < 1.29 is 27.1 Å². The van der Waals surface area contributed by atoms with Crippen molar-refractivity contribution in [2.45, 2.75) is 18.4 Å². The zero-order valence-corrected chi connectivity index (χ0v) is 26.8. The zero-order valence-electron chi connectivity index (χ0n) is 22.9. The Labute approximate surface area is 267 Å². The first-order valence-corrected chi connectivity index (χ1v) is 15.6. The van der Waals surface area contributed by atoms with Gasteiger partial charge in [0.05, 0.1) is 28.4 Å². The third-order valence-corrected chi connectivity index (χ3v) is 9.02. The van der Waals surface area contributed by atoms with Gasteiger partial charge in [-0.3, -0.25) is 9.10 Å². The van der Waals surface area contributed by atoms with Crippen LogP contribution in [-0.2, 0) is 21.4 Å². The van der Waals surface area contributed by atoms with Gasteiger partial charge in [-0.2, -0.15) is 5.10 Å². The van der Waals surface area contributed by atoms with Gasteiger partial charge in [-0.1, -0.05) is 47.0 Å². The van der Waals surface area contributed by atoms with Crippen molar-refractivity contribution in [3.63, 3.8) is 0 Å². The minimum absolute atomic E-state index is 0.0173. The van der Waals surface area contributed by atoms with Crippen LogP contribution in [-0.4, -0.2) is 34.2 Å². The summed E-state index contributed by atoms with van der Waals surface area (Å²) in [5.41, 5.74) is 4.60. The number of methoxy groups -OCH3 is 1. The third kappa shape index (κ3) is 8.26. The van der Waals surface area contributed by atoms with Crippen LogP contribution in [0.15, 0.2) is 93.3 Å². The summed E-state index contributed by atoms with van der Waals surface area (Å²) >= 11 is 15.7. The normalized spacial score (nSPS) is 11.4. The Morgan fingerprint density at radius 1 is 1.05 bits per heavy atom. The van der Waals surface area contributed by atoms with E-state index in [0.29, 0.717) is 31.6 Å². The predicted octanol–water partition coefficient (Wildman–Crippen LogP) is 7.14. The van der Waals surface area contributed by atoms with Gasteiger partial charge in [-0.05, 0) is 89.1 Å². The number of sulfonamides is 1. The maximum absolute atomic E-state index is 13.6. The smallest absolute Gasteiger partial charge is 0.264 e. The number of benzene rings is 4. The molecule has 0 radical (unpaired) electrons. The fraction of sp³-hybridized carbons (Fsp3) is 0.133. The Hall–Kier alpha value is -3.64. The van der Waals surface area contributed by atoms with E-state index in [0.717, 1.165) is 27.6 Å². The highest BCUT2D eigenvalue weighted by Gasteiger charge is 2.27. The summed E-state index contributed by atoms with van der Waals surface area (Å²) in [5, 5.41) is 4.95. The third-order valence-electron chi connectivity index (χ3n) is 6.05. The number of hydrogen-bond acceptors (Lipinski definition) is 6. The molecule has 0 aliphatic carbocycles. The van der Waals surface area contributed by atoms with E-state index < -0.39 is 28.3 Å². The van der Waals surface area contributed by atoms with E-state index in [4.69, 9.17) is 32.7 Å². The lowest BCUT2D eigenvalue weighted by Crippen LogP contribution is -2.39. The van der Waals surface area contributed by atoms with Gasteiger partial charge in [0.1, 0.15) is 19.0 Å². The summed E-state index contributed by atoms with van der Waals surface area (Å²) in [4.78, 5) is 12.8. The number of carbonyl (C=O) groups is 1. The minimum Gasteiger partial charge on any atom is -0.493 e. The number of ether oxygens (including phenoxy) is 2. The maximum atomic E-state index is 13.6. The van der Waals surface area contributed by atoms with Gasteiger partial charge in [-0.25, -0.2) is 18.2 Å². The second-order valence-electron chi connectivity index (χ2n) is 9.15. The van der Waals surface area contributed by atoms with Crippen LogP contribution < -0.4 is 19.2 Å². The molecule has 1 amide bonds. The number of anilines is 1. The molecule has 224 valence electrons. The standard InChI is InChI=1S/C30H25BrCl2FN3O5S/c1-19-3-11-25(12-4-19)43(39,40)37(24-9-7-23(34)8-10-24)17-29(38)36-35-16-20-13-26(31)30(28(14-20)41-2)42-18-21-5-6-22(32)15-27(21)33/h3-16H,17-18H2,1-2H3,(H,36,38)/b35-16-. The summed E-state index contributed by atoms with van der Waals surface area (Å²) in [6, 6.07) is 19.4. The van der Waals surface area contributed by atoms with Crippen molar-refractivity contribution in [1.29, 1.82) is 0 Å². The zero-order chi connectivity index (χ0) is 31.1. The highest BCUT2D eigenvalue weighted by molar-refractivity contribution is 9.10. The summed E-state index contributed by atoms with van der Waals surface area (Å²) in [7, 11) is -2.68. The fourth-order valence-corrected chi connectivity index (χ4v) is 6.31. The second kappa shape index (κ2) is 14.2. The van der Waals surface area contributed by atoms with Gasteiger partial charge in [0.25, 0.3) is 15.9 Å². The van der Waals surface area contributed by atoms with Crippen molar-refractivity contribution in [2.24, 2.45) is 5.10 Å². The Bertz CT molecular complexity index is 1760. The van der Waals surface area contributed by atoms with Gasteiger partial charge in [0, 0.05) is 15.6 Å². The molecular weight excluding hydrogens is 684 g/mol. The number of carbonyl (C=O) groups excluding carboxylic acids is 1. The SMILES string of the molecule is COc1cc(/C=N\NC(=O)CN(c2ccc(F)cc2)S(=O)(=O)c2ccc(C)cc2)cc(Br)c1OCc1ccc(Cl)cc1Cl. The van der Waals surface area contributed by atoms with Crippen molar-refractivity contribution in [1.82, 2.24) is 5.43 Å². The molecule has 4 aromatic carbocycles. The average Bonchev–Trinajstić information content (AvgIpc) is 2.96.